The minimum Gasteiger partial charge on any atom is -0.339 e. The summed E-state index contributed by atoms with van der Waals surface area (Å²) in [5, 5.41) is 4.05. The molecule has 1 saturated heterocycles. The zero-order valence-electron chi connectivity index (χ0n) is 12.8. The molecule has 6 heteroatoms. The van der Waals surface area contributed by atoms with E-state index in [0.29, 0.717) is 24.1 Å². The Hall–Kier alpha value is -1.27. The van der Waals surface area contributed by atoms with Crippen molar-refractivity contribution in [3.05, 3.63) is 11.7 Å². The highest BCUT2D eigenvalue weighted by atomic mass is 16.5. The minimum absolute atomic E-state index is 0.145. The lowest BCUT2D eigenvalue weighted by molar-refractivity contribution is -0.119. The van der Waals surface area contributed by atoms with Gasteiger partial charge in [-0.1, -0.05) is 19.0 Å². The first-order chi connectivity index (χ1) is 9.45. The largest absolute Gasteiger partial charge is 0.339 e. The SMILES string of the molecule is CC(C)CC(=O)Cc1nc(C2CN(C)CCN2C)no1. The standard InChI is InChI=1S/C14H24N4O2/c1-10(2)7-11(19)8-13-15-14(16-20-13)12-9-17(3)5-6-18(12)4/h10,12H,5-9H2,1-4H3. The second-order valence-electron chi connectivity index (χ2n) is 6.12. The molecule has 0 amide bonds. The molecule has 1 atom stereocenters. The first-order valence-electron chi connectivity index (χ1n) is 7.18. The Morgan fingerprint density at radius 1 is 1.40 bits per heavy atom. The molecule has 1 aliphatic rings. The van der Waals surface area contributed by atoms with Crippen LogP contribution >= 0.6 is 0 Å². The molecular weight excluding hydrogens is 256 g/mol. The third-order valence-corrected chi connectivity index (χ3v) is 3.62. The van der Waals surface area contributed by atoms with Crippen LogP contribution in [0.1, 0.15) is 38.0 Å². The van der Waals surface area contributed by atoms with Crippen LogP contribution in [0.3, 0.4) is 0 Å². The molecule has 0 radical (unpaired) electrons. The molecule has 0 aromatic carbocycles. The van der Waals surface area contributed by atoms with Gasteiger partial charge in [-0.2, -0.15) is 4.98 Å². The smallest absolute Gasteiger partial charge is 0.234 e. The van der Waals surface area contributed by atoms with Crippen molar-refractivity contribution in [3.63, 3.8) is 0 Å². The summed E-state index contributed by atoms with van der Waals surface area (Å²) >= 11 is 0. The van der Waals surface area contributed by atoms with Crippen molar-refractivity contribution in [2.75, 3.05) is 33.7 Å². The van der Waals surface area contributed by atoms with Crippen LogP contribution in [-0.4, -0.2) is 59.5 Å². The van der Waals surface area contributed by atoms with Gasteiger partial charge < -0.3 is 9.42 Å². The van der Waals surface area contributed by atoms with Gasteiger partial charge >= 0.3 is 0 Å². The van der Waals surface area contributed by atoms with Crippen LogP contribution < -0.4 is 0 Å². The highest BCUT2D eigenvalue weighted by Gasteiger charge is 2.28. The molecule has 1 fully saturated rings. The molecule has 2 rings (SSSR count). The van der Waals surface area contributed by atoms with Gasteiger partial charge in [0.15, 0.2) is 5.82 Å². The summed E-state index contributed by atoms with van der Waals surface area (Å²) in [6.07, 6.45) is 0.807. The van der Waals surface area contributed by atoms with Crippen molar-refractivity contribution in [3.8, 4) is 0 Å². The van der Waals surface area contributed by atoms with Gasteiger partial charge in [0.1, 0.15) is 5.78 Å². The van der Waals surface area contributed by atoms with Crippen molar-refractivity contribution in [2.45, 2.75) is 32.7 Å². The van der Waals surface area contributed by atoms with E-state index in [-0.39, 0.29) is 18.2 Å². The Morgan fingerprint density at radius 2 is 2.15 bits per heavy atom. The lowest BCUT2D eigenvalue weighted by atomic mass is 10.1. The Balaban J connectivity index is 1.99. The van der Waals surface area contributed by atoms with Gasteiger partial charge in [0, 0.05) is 26.1 Å². The summed E-state index contributed by atoms with van der Waals surface area (Å²) in [6, 6.07) is 0.145. The minimum atomic E-state index is 0.145. The molecule has 0 aliphatic carbocycles. The van der Waals surface area contributed by atoms with Crippen molar-refractivity contribution in [2.24, 2.45) is 5.92 Å². The van der Waals surface area contributed by atoms with Crippen molar-refractivity contribution < 1.29 is 9.32 Å². The molecule has 0 bridgehead atoms. The summed E-state index contributed by atoms with van der Waals surface area (Å²) in [4.78, 5) is 20.7. The number of aromatic nitrogens is 2. The third-order valence-electron chi connectivity index (χ3n) is 3.62. The molecule has 0 spiro atoms. The average Bonchev–Trinajstić information content (AvgIpc) is 2.79. The van der Waals surface area contributed by atoms with Crippen LogP contribution in [-0.2, 0) is 11.2 Å². The maximum Gasteiger partial charge on any atom is 0.234 e. The maximum absolute atomic E-state index is 11.8. The lowest BCUT2D eigenvalue weighted by Crippen LogP contribution is -2.45. The number of Topliss-reactive ketones (excluding diaryl/α,β-unsaturated/α-hetero) is 1. The third kappa shape index (κ3) is 3.86. The topological polar surface area (TPSA) is 62.5 Å². The molecular formula is C14H24N4O2. The predicted octanol–water partition coefficient (Wildman–Crippen LogP) is 1.15. The summed E-state index contributed by atoms with van der Waals surface area (Å²) in [5.41, 5.74) is 0. The predicted molar refractivity (Wildman–Crippen MR) is 75.3 cm³/mol. The number of carbonyl (C=O) groups excluding carboxylic acids is 1. The van der Waals surface area contributed by atoms with Crippen molar-refractivity contribution >= 4 is 5.78 Å². The van der Waals surface area contributed by atoms with Crippen LogP contribution in [0.2, 0.25) is 0 Å². The molecule has 1 unspecified atom stereocenters. The Kier molecular flexibility index (Phi) is 4.88. The highest BCUT2D eigenvalue weighted by Crippen LogP contribution is 2.21. The van der Waals surface area contributed by atoms with Crippen LogP contribution in [0.5, 0.6) is 0 Å². The van der Waals surface area contributed by atoms with Gasteiger partial charge in [-0.3, -0.25) is 9.69 Å². The van der Waals surface area contributed by atoms with E-state index >= 15 is 0 Å². The van der Waals surface area contributed by atoms with E-state index in [1.807, 2.05) is 13.8 Å². The zero-order chi connectivity index (χ0) is 14.7. The summed E-state index contributed by atoms with van der Waals surface area (Å²) in [7, 11) is 4.16. The second-order valence-corrected chi connectivity index (χ2v) is 6.12. The normalized spacial score (nSPS) is 21.6. The van der Waals surface area contributed by atoms with Crippen molar-refractivity contribution in [1.29, 1.82) is 0 Å². The molecule has 20 heavy (non-hydrogen) atoms. The second kappa shape index (κ2) is 6.45. The van der Waals surface area contributed by atoms with E-state index in [2.05, 4.69) is 34.0 Å². The van der Waals surface area contributed by atoms with Crippen LogP contribution in [0.15, 0.2) is 4.52 Å². The molecule has 6 nitrogen and oxygen atoms in total. The fraction of sp³-hybridized carbons (Fsp3) is 0.786. The number of piperazine rings is 1. The fourth-order valence-electron chi connectivity index (χ4n) is 2.46. The molecule has 112 valence electrons. The van der Waals surface area contributed by atoms with E-state index in [1.54, 1.807) is 0 Å². The van der Waals surface area contributed by atoms with Crippen LogP contribution in [0.25, 0.3) is 0 Å². The van der Waals surface area contributed by atoms with Gasteiger partial charge in [-0.15, -0.1) is 0 Å². The van der Waals surface area contributed by atoms with E-state index < -0.39 is 0 Å². The van der Waals surface area contributed by atoms with Gasteiger partial charge in [0.2, 0.25) is 5.89 Å². The molecule has 0 saturated carbocycles. The van der Waals surface area contributed by atoms with Crippen LogP contribution in [0.4, 0.5) is 0 Å². The number of likely N-dealkylation sites (N-methyl/N-ethyl adjacent to an activating group) is 2. The first-order valence-corrected chi connectivity index (χ1v) is 7.18. The maximum atomic E-state index is 11.8. The fourth-order valence-corrected chi connectivity index (χ4v) is 2.46. The Morgan fingerprint density at radius 3 is 2.85 bits per heavy atom. The number of rotatable bonds is 5. The molecule has 1 aromatic heterocycles. The van der Waals surface area contributed by atoms with Crippen molar-refractivity contribution in [1.82, 2.24) is 19.9 Å². The summed E-state index contributed by atoms with van der Waals surface area (Å²) < 4.78 is 5.23. The monoisotopic (exact) mass is 280 g/mol. The Bertz CT molecular complexity index is 458. The van der Waals surface area contributed by atoms with Gasteiger partial charge in [0.05, 0.1) is 12.5 Å². The zero-order valence-corrected chi connectivity index (χ0v) is 12.8. The number of nitrogens with zero attached hydrogens (tertiary/aromatic N) is 4. The average molecular weight is 280 g/mol. The lowest BCUT2D eigenvalue weighted by Gasteiger charge is -2.35. The molecule has 1 aromatic rings. The molecule has 2 heterocycles. The Labute approximate surface area is 120 Å². The summed E-state index contributed by atoms with van der Waals surface area (Å²) in [6.45, 7) is 6.98. The van der Waals surface area contributed by atoms with E-state index in [4.69, 9.17) is 4.52 Å². The highest BCUT2D eigenvalue weighted by molar-refractivity contribution is 5.80. The summed E-state index contributed by atoms with van der Waals surface area (Å²) in [5.74, 6) is 1.64. The van der Waals surface area contributed by atoms with Gasteiger partial charge in [-0.25, -0.2) is 0 Å². The van der Waals surface area contributed by atoms with E-state index in [1.165, 1.54) is 0 Å². The number of hydrogen-bond donors (Lipinski definition) is 0. The number of hydrogen-bond acceptors (Lipinski definition) is 6. The quantitative estimate of drug-likeness (QED) is 0.806. The number of carbonyl (C=O) groups is 1. The first kappa shape index (κ1) is 15.1. The van der Waals surface area contributed by atoms with E-state index in [0.717, 1.165) is 19.6 Å². The van der Waals surface area contributed by atoms with Gasteiger partial charge in [0.25, 0.3) is 0 Å². The van der Waals surface area contributed by atoms with Crippen LogP contribution in [0, 0.1) is 5.92 Å². The molecule has 0 N–H and O–H groups in total. The van der Waals surface area contributed by atoms with Gasteiger partial charge in [-0.05, 0) is 20.0 Å². The number of ketones is 1. The molecule has 1 aliphatic heterocycles. The van der Waals surface area contributed by atoms with E-state index in [9.17, 15) is 4.79 Å².